The molecule has 0 aromatic heterocycles. The fraction of sp³-hybridized carbons (Fsp3) is 0.368. The molecule has 26 heavy (non-hydrogen) atoms. The van der Waals surface area contributed by atoms with Crippen LogP contribution in [0.2, 0.25) is 0 Å². The fourth-order valence-corrected chi connectivity index (χ4v) is 2.26. The van der Waals surface area contributed by atoms with Crippen molar-refractivity contribution in [2.45, 2.75) is 13.2 Å². The van der Waals surface area contributed by atoms with Crippen molar-refractivity contribution in [2.75, 3.05) is 33.5 Å². The average Bonchev–Trinajstić information content (AvgIpc) is 2.64. The summed E-state index contributed by atoms with van der Waals surface area (Å²) in [7, 11) is 1.57. The van der Waals surface area contributed by atoms with Crippen LogP contribution >= 0.6 is 12.4 Å². The minimum atomic E-state index is -0.286. The second-order valence-corrected chi connectivity index (χ2v) is 5.38. The third-order valence-electron chi connectivity index (χ3n) is 3.56. The van der Waals surface area contributed by atoms with Gasteiger partial charge in [-0.15, -0.1) is 12.4 Å². The maximum Gasteiger partial charge on any atom is 0.161 e. The molecule has 2 aromatic carbocycles. The molecule has 2 rings (SSSR count). The van der Waals surface area contributed by atoms with Gasteiger partial charge in [0.25, 0.3) is 0 Å². The summed E-state index contributed by atoms with van der Waals surface area (Å²) < 4.78 is 29.9. The first kappa shape index (κ1) is 22.2. The first-order valence-electron chi connectivity index (χ1n) is 8.17. The lowest BCUT2D eigenvalue weighted by Crippen LogP contribution is -2.20. The van der Waals surface area contributed by atoms with Crippen LogP contribution in [0.4, 0.5) is 4.39 Å². The van der Waals surface area contributed by atoms with E-state index in [1.54, 1.807) is 25.3 Å². The van der Waals surface area contributed by atoms with Gasteiger partial charge in [-0.3, -0.25) is 0 Å². The van der Waals surface area contributed by atoms with Crippen LogP contribution in [-0.4, -0.2) is 38.6 Å². The summed E-state index contributed by atoms with van der Waals surface area (Å²) in [6.07, 6.45) is 0. The number of hydrogen-bond acceptors (Lipinski definition) is 5. The predicted molar refractivity (Wildman–Crippen MR) is 101 cm³/mol. The molecule has 0 aliphatic carbocycles. The van der Waals surface area contributed by atoms with E-state index >= 15 is 0 Å². The highest BCUT2D eigenvalue weighted by Crippen LogP contribution is 2.29. The molecule has 0 radical (unpaired) electrons. The molecule has 0 aliphatic heterocycles. The Labute approximate surface area is 159 Å². The summed E-state index contributed by atoms with van der Waals surface area (Å²) in [5.74, 6) is 0.888. The lowest BCUT2D eigenvalue weighted by atomic mass is 10.2. The number of benzene rings is 2. The second kappa shape index (κ2) is 12.5. The molecule has 7 heteroatoms. The molecule has 0 aliphatic rings. The molecule has 0 unspecified atom stereocenters. The van der Waals surface area contributed by atoms with Crippen LogP contribution in [0.5, 0.6) is 11.5 Å². The van der Waals surface area contributed by atoms with E-state index in [1.165, 1.54) is 6.07 Å². The molecule has 0 saturated carbocycles. The maximum atomic E-state index is 13.6. The maximum absolute atomic E-state index is 13.6. The number of halogens is 2. The molecule has 0 atom stereocenters. The zero-order chi connectivity index (χ0) is 17.9. The van der Waals surface area contributed by atoms with E-state index in [1.807, 2.05) is 18.2 Å². The molecule has 144 valence electrons. The van der Waals surface area contributed by atoms with Crippen molar-refractivity contribution in [3.05, 3.63) is 59.4 Å². The highest BCUT2D eigenvalue weighted by atomic mass is 35.5. The van der Waals surface area contributed by atoms with Crippen molar-refractivity contribution in [3.8, 4) is 11.5 Å². The first-order chi connectivity index (χ1) is 12.2. The summed E-state index contributed by atoms with van der Waals surface area (Å²) in [4.78, 5) is 0. The summed E-state index contributed by atoms with van der Waals surface area (Å²) in [5.41, 5.74) is 1.54. The third kappa shape index (κ3) is 7.17. The standard InChI is InChI=1S/C19H24FNO4.ClH/c1-23-19-12-15(13-21-8-10-24-11-9-22)6-7-18(19)25-14-16-4-2-3-5-17(16)20;/h2-7,12,21-22H,8-11,13-14H2,1H3;1H. The van der Waals surface area contributed by atoms with E-state index < -0.39 is 0 Å². The quantitative estimate of drug-likeness (QED) is 0.582. The van der Waals surface area contributed by atoms with Crippen molar-refractivity contribution >= 4 is 12.4 Å². The highest BCUT2D eigenvalue weighted by Gasteiger charge is 2.08. The SMILES string of the molecule is COc1cc(CNCCOCCO)ccc1OCc1ccccc1F.Cl. The van der Waals surface area contributed by atoms with Crippen molar-refractivity contribution in [3.63, 3.8) is 0 Å². The van der Waals surface area contributed by atoms with Gasteiger partial charge in [0.05, 0.1) is 26.9 Å². The third-order valence-corrected chi connectivity index (χ3v) is 3.56. The molecule has 0 saturated heterocycles. The molecule has 5 nitrogen and oxygen atoms in total. The van der Waals surface area contributed by atoms with E-state index in [2.05, 4.69) is 5.32 Å². The summed E-state index contributed by atoms with van der Waals surface area (Å²) >= 11 is 0. The molecular formula is C19H25ClFNO4. The lowest BCUT2D eigenvalue weighted by Gasteiger charge is -2.13. The minimum absolute atomic E-state index is 0. The number of aliphatic hydroxyl groups is 1. The molecule has 2 N–H and O–H groups in total. The van der Waals surface area contributed by atoms with Crippen LogP contribution in [0.25, 0.3) is 0 Å². The topological polar surface area (TPSA) is 60.0 Å². The molecule has 0 bridgehead atoms. The van der Waals surface area contributed by atoms with Gasteiger partial charge in [0, 0.05) is 18.7 Å². The van der Waals surface area contributed by atoms with Gasteiger partial charge in [-0.05, 0) is 23.8 Å². The Morgan fingerprint density at radius 2 is 1.88 bits per heavy atom. The molecule has 0 amide bonds. The smallest absolute Gasteiger partial charge is 0.161 e. The summed E-state index contributed by atoms with van der Waals surface area (Å²) in [6, 6.07) is 12.2. The van der Waals surface area contributed by atoms with Crippen LogP contribution in [-0.2, 0) is 17.9 Å². The fourth-order valence-electron chi connectivity index (χ4n) is 2.26. The Bertz CT molecular complexity index is 657. The molecule has 2 aromatic rings. The van der Waals surface area contributed by atoms with E-state index in [9.17, 15) is 4.39 Å². The zero-order valence-electron chi connectivity index (χ0n) is 14.7. The highest BCUT2D eigenvalue weighted by molar-refractivity contribution is 5.85. The Kier molecular flexibility index (Phi) is 10.7. The second-order valence-electron chi connectivity index (χ2n) is 5.38. The number of hydrogen-bond donors (Lipinski definition) is 2. The van der Waals surface area contributed by atoms with Crippen LogP contribution in [0.15, 0.2) is 42.5 Å². The van der Waals surface area contributed by atoms with Gasteiger partial charge >= 0.3 is 0 Å². The van der Waals surface area contributed by atoms with Crippen molar-refractivity contribution in [2.24, 2.45) is 0 Å². The Morgan fingerprint density at radius 3 is 2.62 bits per heavy atom. The van der Waals surface area contributed by atoms with Crippen LogP contribution < -0.4 is 14.8 Å². The molecular weight excluding hydrogens is 361 g/mol. The number of nitrogens with one attached hydrogen (secondary N) is 1. The summed E-state index contributed by atoms with van der Waals surface area (Å²) in [5, 5.41) is 11.9. The van der Waals surface area contributed by atoms with Crippen LogP contribution in [0.1, 0.15) is 11.1 Å². The predicted octanol–water partition coefficient (Wildman–Crippen LogP) is 2.93. The van der Waals surface area contributed by atoms with Crippen LogP contribution in [0.3, 0.4) is 0 Å². The van der Waals surface area contributed by atoms with Crippen molar-refractivity contribution in [1.29, 1.82) is 0 Å². The first-order valence-corrected chi connectivity index (χ1v) is 8.17. The largest absolute Gasteiger partial charge is 0.493 e. The Morgan fingerprint density at radius 1 is 1.08 bits per heavy atom. The normalized spacial score (nSPS) is 10.3. The van der Waals surface area contributed by atoms with Gasteiger partial charge in [-0.2, -0.15) is 0 Å². The Hall–Kier alpha value is -1.86. The van der Waals surface area contributed by atoms with Gasteiger partial charge in [0.2, 0.25) is 0 Å². The van der Waals surface area contributed by atoms with E-state index in [-0.39, 0.29) is 31.4 Å². The number of ether oxygens (including phenoxy) is 3. The molecule has 0 spiro atoms. The van der Waals surface area contributed by atoms with Gasteiger partial charge in [-0.25, -0.2) is 4.39 Å². The number of methoxy groups -OCH3 is 1. The van der Waals surface area contributed by atoms with E-state index in [4.69, 9.17) is 19.3 Å². The van der Waals surface area contributed by atoms with Gasteiger partial charge in [0.1, 0.15) is 12.4 Å². The average molecular weight is 386 g/mol. The van der Waals surface area contributed by atoms with E-state index in [0.29, 0.717) is 43.4 Å². The monoisotopic (exact) mass is 385 g/mol. The van der Waals surface area contributed by atoms with Crippen molar-refractivity contribution < 1.29 is 23.7 Å². The van der Waals surface area contributed by atoms with Gasteiger partial charge in [0.15, 0.2) is 11.5 Å². The number of rotatable bonds is 11. The Balaban J connectivity index is 0.00000338. The number of aliphatic hydroxyl groups excluding tert-OH is 1. The minimum Gasteiger partial charge on any atom is -0.493 e. The van der Waals surface area contributed by atoms with Gasteiger partial charge < -0.3 is 24.6 Å². The van der Waals surface area contributed by atoms with E-state index in [0.717, 1.165) is 5.56 Å². The lowest BCUT2D eigenvalue weighted by molar-refractivity contribution is 0.0938. The summed E-state index contributed by atoms with van der Waals surface area (Å²) in [6.45, 7) is 2.42. The zero-order valence-corrected chi connectivity index (χ0v) is 15.6. The van der Waals surface area contributed by atoms with Crippen LogP contribution in [0, 0.1) is 5.82 Å². The molecule has 0 fully saturated rings. The van der Waals surface area contributed by atoms with Gasteiger partial charge in [-0.1, -0.05) is 24.3 Å². The molecule has 0 heterocycles. The van der Waals surface area contributed by atoms with Crippen molar-refractivity contribution in [1.82, 2.24) is 5.32 Å².